The molecule has 4 rings (SSSR count). The van der Waals surface area contributed by atoms with Crippen molar-refractivity contribution in [2.24, 2.45) is 0 Å². The monoisotopic (exact) mass is 949 g/mol. The van der Waals surface area contributed by atoms with E-state index in [1.807, 2.05) is 37.3 Å². The van der Waals surface area contributed by atoms with Crippen LogP contribution in [0.5, 0.6) is 17.2 Å². The molecule has 0 heterocycles. The average molecular weight is 953 g/mol. The zero-order chi connectivity index (χ0) is 45.2. The minimum absolute atomic E-state index is 0.247. The third-order valence-corrected chi connectivity index (χ3v) is 8.48. The zero-order valence-corrected chi connectivity index (χ0v) is 38.9. The van der Waals surface area contributed by atoms with Gasteiger partial charge < -0.3 is 28.8 Å². The number of carboxylic acid groups (broad SMARTS) is 1. The van der Waals surface area contributed by atoms with E-state index in [1.54, 1.807) is 65.8 Å². The molecule has 0 radical (unpaired) electrons. The van der Waals surface area contributed by atoms with Crippen molar-refractivity contribution in [3.8, 4) is 17.2 Å². The summed E-state index contributed by atoms with van der Waals surface area (Å²) in [5, 5.41) is 17.8. The first-order valence-corrected chi connectivity index (χ1v) is 20.7. The highest BCUT2D eigenvalue weighted by Gasteiger charge is 2.19. The Morgan fingerprint density at radius 3 is 1.28 bits per heavy atom. The normalized spacial score (nSPS) is 10.8. The highest BCUT2D eigenvalue weighted by atomic mass is 35.5. The lowest BCUT2D eigenvalue weighted by Crippen LogP contribution is -2.27. The van der Waals surface area contributed by atoms with E-state index in [9.17, 15) is 14.4 Å². The van der Waals surface area contributed by atoms with Crippen molar-refractivity contribution in [2.75, 3.05) is 29.2 Å². The van der Waals surface area contributed by atoms with Gasteiger partial charge in [0.05, 0.1) is 43.3 Å². The number of hydrogen-bond donors (Lipinski definition) is 4. The molecule has 328 valence electrons. The molecule has 3 amide bonds. The molecule has 12 nitrogen and oxygen atoms in total. The lowest BCUT2D eigenvalue weighted by atomic mass is 10.2. The summed E-state index contributed by atoms with van der Waals surface area (Å²) < 4.78 is 26.7. The summed E-state index contributed by atoms with van der Waals surface area (Å²) in [4.78, 5) is 33.9. The van der Waals surface area contributed by atoms with E-state index in [1.165, 1.54) is 12.1 Å². The van der Waals surface area contributed by atoms with Crippen LogP contribution >= 0.6 is 69.6 Å². The predicted octanol–water partition coefficient (Wildman–Crippen LogP) is 14.9. The Hall–Kier alpha value is -4.17. The summed E-state index contributed by atoms with van der Waals surface area (Å²) in [6.07, 6.45) is -0.369. The molecule has 0 bridgehead atoms. The van der Waals surface area contributed by atoms with Gasteiger partial charge in [0.25, 0.3) is 0 Å². The minimum Gasteiger partial charge on any atom is -0.491 e. The minimum atomic E-state index is -1.19. The summed E-state index contributed by atoms with van der Waals surface area (Å²) in [7, 11) is 0. The molecular formula is C42H49Cl6N3O9. The van der Waals surface area contributed by atoms with E-state index < -0.39 is 29.5 Å². The SMILES string of the molecule is CCCCOc1c(Cl)cc(NC(=O)OC(C)(C)C)cc1Cl.CCOc1c(Cl)cc(NC(=O)OC(C)(C)C)cc1Cl.O=C(O)Nc1cc(Cl)c(OCc2ccccc2)c(Cl)c1. The predicted molar refractivity (Wildman–Crippen MR) is 243 cm³/mol. The highest BCUT2D eigenvalue weighted by molar-refractivity contribution is 6.39. The second kappa shape index (κ2) is 24.9. The van der Waals surface area contributed by atoms with Crippen LogP contribution in [0.15, 0.2) is 66.7 Å². The molecule has 0 unspecified atom stereocenters. The first-order chi connectivity index (χ1) is 28.0. The van der Waals surface area contributed by atoms with Crippen molar-refractivity contribution in [3.05, 3.63) is 102 Å². The van der Waals surface area contributed by atoms with Crippen LogP contribution in [0.1, 0.15) is 73.8 Å². The lowest BCUT2D eigenvalue weighted by Gasteiger charge is -2.20. The van der Waals surface area contributed by atoms with E-state index in [0.717, 1.165) is 18.4 Å². The van der Waals surface area contributed by atoms with Crippen LogP contribution in [0.3, 0.4) is 0 Å². The Labute approximate surface area is 380 Å². The van der Waals surface area contributed by atoms with Crippen molar-refractivity contribution >= 4 is 105 Å². The van der Waals surface area contributed by atoms with E-state index >= 15 is 0 Å². The van der Waals surface area contributed by atoms with Crippen molar-refractivity contribution in [3.63, 3.8) is 0 Å². The number of halogens is 6. The molecule has 0 aliphatic heterocycles. The largest absolute Gasteiger partial charge is 0.491 e. The number of unbranched alkanes of at least 4 members (excludes halogenated alkanes) is 1. The zero-order valence-electron chi connectivity index (χ0n) is 34.4. The van der Waals surface area contributed by atoms with Gasteiger partial charge in [0.15, 0.2) is 17.2 Å². The van der Waals surface area contributed by atoms with Crippen LogP contribution in [-0.2, 0) is 16.1 Å². The van der Waals surface area contributed by atoms with Crippen LogP contribution in [0, 0.1) is 0 Å². The Morgan fingerprint density at radius 1 is 0.567 bits per heavy atom. The number of carbonyl (C=O) groups excluding carboxylic acids is 2. The summed E-state index contributed by atoms with van der Waals surface area (Å²) in [5.74, 6) is 1.16. The summed E-state index contributed by atoms with van der Waals surface area (Å²) >= 11 is 36.4. The number of amides is 3. The van der Waals surface area contributed by atoms with Crippen LogP contribution in [0.2, 0.25) is 30.1 Å². The standard InChI is InChI=1S/C15H21Cl2NO3.C14H11Cl2NO3.C13H17Cl2NO3/c1-5-6-7-20-13-11(16)8-10(9-12(13)17)18-14(19)21-15(2,3)4;15-11-6-10(17-14(18)19)7-12(16)13(11)20-8-9-4-2-1-3-5-9;1-5-18-11-9(14)6-8(7-10(11)15)16-12(17)19-13(2,3)4/h8-9H,5-7H2,1-4H3,(H,18,19);1-7,17H,8H2,(H,18,19);6-7H,5H2,1-4H3,(H,16,17). The van der Waals surface area contributed by atoms with Gasteiger partial charge in [0.2, 0.25) is 0 Å². The fraction of sp³-hybridized carbons (Fsp3) is 0.357. The average Bonchev–Trinajstić information content (AvgIpc) is 3.10. The van der Waals surface area contributed by atoms with Crippen LogP contribution in [-0.4, -0.2) is 47.8 Å². The van der Waals surface area contributed by atoms with Gasteiger partial charge in [0, 0.05) is 17.1 Å². The maximum Gasteiger partial charge on any atom is 0.412 e. The first-order valence-electron chi connectivity index (χ1n) is 18.4. The number of benzene rings is 4. The molecule has 60 heavy (non-hydrogen) atoms. The van der Waals surface area contributed by atoms with Gasteiger partial charge in [-0.25, -0.2) is 14.4 Å². The second-order valence-electron chi connectivity index (χ2n) is 14.4. The van der Waals surface area contributed by atoms with Gasteiger partial charge in [-0.1, -0.05) is 113 Å². The molecular weight excluding hydrogens is 903 g/mol. The number of rotatable bonds is 12. The lowest BCUT2D eigenvalue weighted by molar-refractivity contribution is 0.0624. The number of anilines is 3. The number of nitrogens with one attached hydrogen (secondary N) is 3. The van der Waals surface area contributed by atoms with Gasteiger partial charge in [-0.15, -0.1) is 0 Å². The van der Waals surface area contributed by atoms with Crippen molar-refractivity contribution in [1.29, 1.82) is 0 Å². The van der Waals surface area contributed by atoms with Gasteiger partial charge in [0.1, 0.15) is 17.8 Å². The van der Waals surface area contributed by atoms with Gasteiger partial charge in [-0.05, 0) is 96.8 Å². The first kappa shape index (κ1) is 52.0. The molecule has 4 aromatic rings. The molecule has 4 aromatic carbocycles. The van der Waals surface area contributed by atoms with Gasteiger partial charge in [-0.3, -0.25) is 16.0 Å². The topological polar surface area (TPSA) is 154 Å². The van der Waals surface area contributed by atoms with Gasteiger partial charge >= 0.3 is 18.3 Å². The Balaban J connectivity index is 0.000000310. The van der Waals surface area contributed by atoms with Gasteiger partial charge in [-0.2, -0.15) is 0 Å². The highest BCUT2D eigenvalue weighted by Crippen LogP contribution is 2.38. The maximum absolute atomic E-state index is 11.7. The fourth-order valence-corrected chi connectivity index (χ4v) is 6.26. The molecule has 0 fully saturated rings. The summed E-state index contributed by atoms with van der Waals surface area (Å²) in [6.45, 7) is 15.9. The fourth-order valence-electron chi connectivity index (χ4n) is 4.47. The third kappa shape index (κ3) is 19.9. The molecule has 0 atom stereocenters. The van der Waals surface area contributed by atoms with E-state index in [0.29, 0.717) is 74.2 Å². The number of carbonyl (C=O) groups is 3. The molecule has 4 N–H and O–H groups in total. The van der Waals surface area contributed by atoms with E-state index in [4.69, 9.17) is 98.4 Å². The van der Waals surface area contributed by atoms with Crippen molar-refractivity contribution in [1.82, 2.24) is 0 Å². The van der Waals surface area contributed by atoms with E-state index in [2.05, 4.69) is 22.9 Å². The summed E-state index contributed by atoms with van der Waals surface area (Å²) in [6, 6.07) is 18.7. The molecule has 0 aliphatic rings. The van der Waals surface area contributed by atoms with Crippen LogP contribution in [0.4, 0.5) is 31.4 Å². The number of ether oxygens (including phenoxy) is 5. The molecule has 0 aliphatic carbocycles. The molecule has 0 saturated heterocycles. The molecule has 0 aromatic heterocycles. The summed E-state index contributed by atoms with van der Waals surface area (Å²) in [5.41, 5.74) is 1.05. The second-order valence-corrected chi connectivity index (χ2v) is 16.8. The Morgan fingerprint density at radius 2 is 0.933 bits per heavy atom. The Kier molecular flexibility index (Phi) is 21.6. The van der Waals surface area contributed by atoms with Crippen molar-refractivity contribution in [2.45, 2.75) is 86.0 Å². The molecule has 0 spiro atoms. The smallest absolute Gasteiger partial charge is 0.412 e. The van der Waals surface area contributed by atoms with E-state index in [-0.39, 0.29) is 10.0 Å². The Bertz CT molecular complexity index is 1970. The molecule has 0 saturated carbocycles. The van der Waals surface area contributed by atoms with Crippen LogP contribution < -0.4 is 30.2 Å². The molecule has 18 heteroatoms. The van der Waals surface area contributed by atoms with Crippen molar-refractivity contribution < 1.29 is 43.2 Å². The maximum atomic E-state index is 11.7. The quantitative estimate of drug-likeness (QED) is 0.102. The van der Waals surface area contributed by atoms with Crippen LogP contribution in [0.25, 0.3) is 0 Å². The number of hydrogen-bond acceptors (Lipinski definition) is 8. The third-order valence-electron chi connectivity index (χ3n) is 6.80.